The summed E-state index contributed by atoms with van der Waals surface area (Å²) in [7, 11) is 1.71. The fourth-order valence-corrected chi connectivity index (χ4v) is 4.34. The van der Waals surface area contributed by atoms with Gasteiger partial charge in [-0.2, -0.15) is 0 Å². The molecule has 1 aromatic carbocycles. The number of carbonyl (C=O) groups excluding carboxylic acids is 2. The van der Waals surface area contributed by atoms with Gasteiger partial charge in [-0.3, -0.25) is 9.59 Å². The van der Waals surface area contributed by atoms with E-state index in [4.69, 9.17) is 0 Å². The zero-order chi connectivity index (χ0) is 15.7. The molecule has 2 aromatic rings. The molecule has 6 heteroatoms. The van der Waals surface area contributed by atoms with E-state index in [9.17, 15) is 9.59 Å². The second kappa shape index (κ2) is 5.78. The van der Waals surface area contributed by atoms with Gasteiger partial charge in [0, 0.05) is 16.8 Å². The number of benzene rings is 1. The van der Waals surface area contributed by atoms with Crippen LogP contribution in [0.25, 0.3) is 0 Å². The third-order valence-corrected chi connectivity index (χ3v) is 5.90. The molecule has 0 bridgehead atoms. The van der Waals surface area contributed by atoms with Crippen LogP contribution in [-0.4, -0.2) is 23.6 Å². The zero-order valence-electron chi connectivity index (χ0n) is 12.3. The second-order valence-corrected chi connectivity index (χ2v) is 7.72. The van der Waals surface area contributed by atoms with Crippen molar-refractivity contribution in [3.8, 4) is 0 Å². The van der Waals surface area contributed by atoms with Gasteiger partial charge in [-0.1, -0.05) is 30.0 Å². The molecule has 0 spiro atoms. The van der Waals surface area contributed by atoms with Crippen LogP contribution in [0.4, 0.5) is 5.69 Å². The van der Waals surface area contributed by atoms with Gasteiger partial charge >= 0.3 is 0 Å². The molecule has 0 saturated carbocycles. The molecular weight excluding hydrogens is 316 g/mol. The first kappa shape index (κ1) is 15.1. The Morgan fingerprint density at radius 1 is 1.27 bits per heavy atom. The maximum Gasteiger partial charge on any atom is 0.252 e. The van der Waals surface area contributed by atoms with Crippen molar-refractivity contribution in [1.82, 2.24) is 5.32 Å². The van der Waals surface area contributed by atoms with Crippen LogP contribution >= 0.6 is 23.1 Å². The average Bonchev–Trinajstić information content (AvgIpc) is 3.04. The van der Waals surface area contributed by atoms with E-state index in [2.05, 4.69) is 5.32 Å². The summed E-state index contributed by atoms with van der Waals surface area (Å²) in [6, 6.07) is 11.5. The van der Waals surface area contributed by atoms with E-state index in [1.54, 1.807) is 30.2 Å². The summed E-state index contributed by atoms with van der Waals surface area (Å²) in [6.45, 7) is 2.14. The molecule has 1 atom stereocenters. The lowest BCUT2D eigenvalue weighted by atomic mass is 10.1. The van der Waals surface area contributed by atoms with Crippen molar-refractivity contribution >= 4 is 40.6 Å². The van der Waals surface area contributed by atoms with Gasteiger partial charge in [0.05, 0.1) is 12.2 Å². The van der Waals surface area contributed by atoms with Crippen molar-refractivity contribution < 1.29 is 9.59 Å². The van der Waals surface area contributed by atoms with E-state index in [1.165, 1.54) is 11.8 Å². The highest BCUT2D eigenvalue weighted by Crippen LogP contribution is 2.44. The minimum atomic E-state index is -1.14. The van der Waals surface area contributed by atoms with Crippen LogP contribution < -0.4 is 10.2 Å². The molecule has 22 heavy (non-hydrogen) atoms. The van der Waals surface area contributed by atoms with Gasteiger partial charge in [0.25, 0.3) is 5.91 Å². The highest BCUT2D eigenvalue weighted by Gasteiger charge is 2.48. The molecule has 1 aliphatic rings. The number of hydrogen-bond acceptors (Lipinski definition) is 4. The number of hydrogen-bond donors (Lipinski definition) is 1. The number of thioether (sulfide) groups is 1. The van der Waals surface area contributed by atoms with E-state index >= 15 is 0 Å². The van der Waals surface area contributed by atoms with Gasteiger partial charge in [-0.05, 0) is 30.5 Å². The molecule has 0 saturated heterocycles. The number of nitrogens with zero attached hydrogens (tertiary/aromatic N) is 1. The van der Waals surface area contributed by atoms with Crippen molar-refractivity contribution in [3.63, 3.8) is 0 Å². The molecule has 114 valence electrons. The van der Waals surface area contributed by atoms with Crippen LogP contribution in [0, 0.1) is 0 Å². The zero-order valence-corrected chi connectivity index (χ0v) is 14.0. The fraction of sp³-hybridized carbons (Fsp3) is 0.250. The van der Waals surface area contributed by atoms with Crippen molar-refractivity contribution in [3.05, 3.63) is 46.7 Å². The number of amides is 2. The van der Waals surface area contributed by atoms with Crippen LogP contribution in [0.1, 0.15) is 11.8 Å². The summed E-state index contributed by atoms with van der Waals surface area (Å²) >= 11 is 2.90. The molecule has 1 aromatic heterocycles. The van der Waals surface area contributed by atoms with Crippen molar-refractivity contribution in [2.75, 3.05) is 11.9 Å². The predicted octanol–water partition coefficient (Wildman–Crippen LogP) is 2.89. The summed E-state index contributed by atoms with van der Waals surface area (Å²) < 4.78 is -1.14. The Kier molecular flexibility index (Phi) is 3.97. The predicted molar refractivity (Wildman–Crippen MR) is 90.3 cm³/mol. The largest absolute Gasteiger partial charge is 0.350 e. The molecule has 1 aliphatic heterocycles. The standard InChI is InChI=1S/C16H16N2O2S2/c1-16(14(19)17-10-11-6-5-9-21-11)15(20)18(2)12-7-3-4-8-13(12)22-16/h3-9H,10H2,1-2H3,(H,17,19). The Labute approximate surface area is 137 Å². The lowest BCUT2D eigenvalue weighted by Gasteiger charge is -2.36. The summed E-state index contributed by atoms with van der Waals surface area (Å²) in [5.74, 6) is -0.447. The summed E-state index contributed by atoms with van der Waals surface area (Å²) in [5, 5.41) is 4.85. The van der Waals surface area contributed by atoms with Crippen LogP contribution in [0.5, 0.6) is 0 Å². The lowest BCUT2D eigenvalue weighted by molar-refractivity contribution is -0.131. The lowest BCUT2D eigenvalue weighted by Crippen LogP contribution is -2.55. The number of carbonyl (C=O) groups is 2. The normalized spacial score (nSPS) is 20.6. The van der Waals surface area contributed by atoms with Gasteiger partial charge in [-0.15, -0.1) is 11.3 Å². The van der Waals surface area contributed by atoms with Crippen LogP contribution in [0.3, 0.4) is 0 Å². The third kappa shape index (κ3) is 2.53. The van der Waals surface area contributed by atoms with Gasteiger partial charge in [0.15, 0.2) is 4.75 Å². The first-order chi connectivity index (χ1) is 10.5. The Hall–Kier alpha value is -1.79. The second-order valence-electron chi connectivity index (χ2n) is 5.23. The van der Waals surface area contributed by atoms with Crippen molar-refractivity contribution in [2.45, 2.75) is 23.1 Å². The first-order valence-corrected chi connectivity index (χ1v) is 8.59. The maximum absolute atomic E-state index is 12.7. The quantitative estimate of drug-likeness (QED) is 0.879. The van der Waals surface area contributed by atoms with Gasteiger partial charge < -0.3 is 10.2 Å². The van der Waals surface area contributed by atoms with Gasteiger partial charge in [0.1, 0.15) is 0 Å². The fourth-order valence-electron chi connectivity index (χ4n) is 2.41. The number of rotatable bonds is 3. The molecule has 0 fully saturated rings. The molecule has 1 N–H and O–H groups in total. The van der Waals surface area contributed by atoms with Crippen LogP contribution in [-0.2, 0) is 16.1 Å². The number of thiophene rings is 1. The van der Waals surface area contributed by atoms with Crippen molar-refractivity contribution in [1.29, 1.82) is 0 Å². The van der Waals surface area contributed by atoms with Crippen molar-refractivity contribution in [2.24, 2.45) is 0 Å². The molecule has 0 aliphatic carbocycles. The highest BCUT2D eigenvalue weighted by molar-refractivity contribution is 8.02. The Balaban J connectivity index is 1.82. The van der Waals surface area contributed by atoms with Crippen LogP contribution in [0.15, 0.2) is 46.7 Å². The maximum atomic E-state index is 12.7. The number of anilines is 1. The molecule has 4 nitrogen and oxygen atoms in total. The SMILES string of the molecule is CN1C(=O)C(C)(C(=O)NCc2cccs2)Sc2ccccc21. The molecule has 3 rings (SSSR count). The topological polar surface area (TPSA) is 49.4 Å². The van der Waals surface area contributed by atoms with Gasteiger partial charge in [-0.25, -0.2) is 0 Å². The Bertz CT molecular complexity index is 715. The average molecular weight is 332 g/mol. The molecule has 2 amide bonds. The minimum absolute atomic E-state index is 0.195. The monoisotopic (exact) mass is 332 g/mol. The van der Waals surface area contributed by atoms with E-state index < -0.39 is 4.75 Å². The number of nitrogens with one attached hydrogen (secondary N) is 1. The molecule has 2 heterocycles. The van der Waals surface area contributed by atoms with E-state index in [1.807, 2.05) is 41.8 Å². The Morgan fingerprint density at radius 3 is 2.77 bits per heavy atom. The number of para-hydroxylation sites is 1. The molecule has 1 unspecified atom stereocenters. The summed E-state index contributed by atoms with van der Waals surface area (Å²) in [5.41, 5.74) is 0.848. The van der Waals surface area contributed by atoms with E-state index in [0.717, 1.165) is 15.5 Å². The summed E-state index contributed by atoms with van der Waals surface area (Å²) in [6.07, 6.45) is 0. The first-order valence-electron chi connectivity index (χ1n) is 6.89. The van der Waals surface area contributed by atoms with E-state index in [-0.39, 0.29) is 11.8 Å². The Morgan fingerprint density at radius 2 is 2.05 bits per heavy atom. The highest BCUT2D eigenvalue weighted by atomic mass is 32.2. The van der Waals surface area contributed by atoms with E-state index in [0.29, 0.717) is 6.54 Å². The molecule has 0 radical (unpaired) electrons. The molecular formula is C16H16N2O2S2. The van der Waals surface area contributed by atoms with Gasteiger partial charge in [0.2, 0.25) is 5.91 Å². The third-order valence-electron chi connectivity index (χ3n) is 3.69. The summed E-state index contributed by atoms with van der Waals surface area (Å²) in [4.78, 5) is 28.8. The minimum Gasteiger partial charge on any atom is -0.350 e. The number of fused-ring (bicyclic) bond motifs is 1. The van der Waals surface area contributed by atoms with Crippen LogP contribution in [0.2, 0.25) is 0 Å². The smallest absolute Gasteiger partial charge is 0.252 e.